The zero-order chi connectivity index (χ0) is 17.7. The van der Waals surface area contributed by atoms with Gasteiger partial charge < -0.3 is 0 Å². The van der Waals surface area contributed by atoms with Crippen LogP contribution < -0.4 is 10.9 Å². The van der Waals surface area contributed by atoms with Crippen LogP contribution in [0.5, 0.6) is 0 Å². The van der Waals surface area contributed by atoms with Gasteiger partial charge in [0.1, 0.15) is 0 Å². The molecule has 0 spiro atoms. The lowest BCUT2D eigenvalue weighted by molar-refractivity contribution is -0.384. The van der Waals surface area contributed by atoms with Crippen molar-refractivity contribution in [2.24, 2.45) is 0 Å². The summed E-state index contributed by atoms with van der Waals surface area (Å²) in [5.74, 6) is -1.09. The zero-order valence-corrected chi connectivity index (χ0v) is 14.9. The van der Waals surface area contributed by atoms with Crippen molar-refractivity contribution in [1.82, 2.24) is 10.9 Å². The van der Waals surface area contributed by atoms with Gasteiger partial charge in [-0.25, -0.2) is 0 Å². The molecule has 24 heavy (non-hydrogen) atoms. The van der Waals surface area contributed by atoms with E-state index in [0.29, 0.717) is 9.13 Å². The molecule has 0 atom stereocenters. The quantitative estimate of drug-likeness (QED) is 0.435. The number of benzene rings is 2. The van der Waals surface area contributed by atoms with Crippen LogP contribution in [0.15, 0.2) is 42.5 Å². The van der Waals surface area contributed by atoms with Gasteiger partial charge in [-0.15, -0.1) is 0 Å². The van der Waals surface area contributed by atoms with Crippen molar-refractivity contribution in [3.63, 3.8) is 0 Å². The Bertz CT molecular complexity index is 790. The summed E-state index contributed by atoms with van der Waals surface area (Å²) in [6.07, 6.45) is 0.865. The van der Waals surface area contributed by atoms with Crippen molar-refractivity contribution < 1.29 is 14.5 Å². The molecular weight excluding hydrogens is 425 g/mol. The van der Waals surface area contributed by atoms with Gasteiger partial charge in [0.25, 0.3) is 17.5 Å². The first kappa shape index (κ1) is 17.9. The van der Waals surface area contributed by atoms with E-state index < -0.39 is 16.7 Å². The molecule has 2 amide bonds. The van der Waals surface area contributed by atoms with Crippen molar-refractivity contribution >= 4 is 40.1 Å². The minimum absolute atomic E-state index is 0.117. The predicted octanol–water partition coefficient (Wildman–Crippen LogP) is 2.84. The highest BCUT2D eigenvalue weighted by Gasteiger charge is 2.16. The largest absolute Gasteiger partial charge is 0.271 e. The normalized spacial score (nSPS) is 10.1. The maximum absolute atomic E-state index is 12.1. The summed E-state index contributed by atoms with van der Waals surface area (Å²) in [5, 5.41) is 10.8. The second-order valence-electron chi connectivity index (χ2n) is 4.88. The number of nitro groups is 1. The molecule has 8 heteroatoms. The van der Waals surface area contributed by atoms with Crippen LogP contribution in [-0.4, -0.2) is 16.7 Å². The second-order valence-corrected chi connectivity index (χ2v) is 6.04. The third-order valence-corrected chi connectivity index (χ3v) is 4.26. The summed E-state index contributed by atoms with van der Waals surface area (Å²) in [6.45, 7) is 2.01. The van der Waals surface area contributed by atoms with Gasteiger partial charge in [-0.05, 0) is 52.8 Å². The van der Waals surface area contributed by atoms with Gasteiger partial charge in [0.05, 0.1) is 10.5 Å². The fraction of sp³-hybridized carbons (Fsp3) is 0.125. The van der Waals surface area contributed by atoms with Crippen molar-refractivity contribution in [3.8, 4) is 0 Å². The fourth-order valence-corrected chi connectivity index (χ4v) is 2.53. The van der Waals surface area contributed by atoms with Crippen LogP contribution in [0.4, 0.5) is 5.69 Å². The number of hydrogen-bond acceptors (Lipinski definition) is 4. The zero-order valence-electron chi connectivity index (χ0n) is 12.7. The third kappa shape index (κ3) is 4.28. The number of carbonyl (C=O) groups is 2. The van der Waals surface area contributed by atoms with E-state index in [4.69, 9.17) is 0 Å². The predicted molar refractivity (Wildman–Crippen MR) is 96.6 cm³/mol. The number of nitro benzene ring substituents is 1. The van der Waals surface area contributed by atoms with Gasteiger partial charge in [-0.1, -0.05) is 19.1 Å². The molecule has 0 bridgehead atoms. The number of nitrogens with one attached hydrogen (secondary N) is 2. The number of hydrogen-bond donors (Lipinski definition) is 2. The highest BCUT2D eigenvalue weighted by Crippen LogP contribution is 2.19. The van der Waals surface area contributed by atoms with Crippen molar-refractivity contribution in [1.29, 1.82) is 0 Å². The Kier molecular flexibility index (Phi) is 5.85. The van der Waals surface area contributed by atoms with Gasteiger partial charge in [0, 0.05) is 21.3 Å². The molecule has 7 nitrogen and oxygen atoms in total. The van der Waals surface area contributed by atoms with Crippen LogP contribution in [0.2, 0.25) is 0 Å². The van der Waals surface area contributed by atoms with E-state index in [2.05, 4.69) is 10.9 Å². The molecule has 0 fully saturated rings. The van der Waals surface area contributed by atoms with Gasteiger partial charge >= 0.3 is 0 Å². The molecule has 0 aromatic heterocycles. The minimum Gasteiger partial charge on any atom is -0.267 e. The van der Waals surface area contributed by atoms with Crippen molar-refractivity contribution in [2.75, 3.05) is 0 Å². The Labute approximate surface area is 151 Å². The lowest BCUT2D eigenvalue weighted by Crippen LogP contribution is -2.41. The summed E-state index contributed by atoms with van der Waals surface area (Å²) < 4.78 is 0.539. The fourth-order valence-electron chi connectivity index (χ4n) is 1.95. The van der Waals surface area contributed by atoms with E-state index in [1.165, 1.54) is 18.2 Å². The maximum atomic E-state index is 12.1. The molecule has 0 radical (unpaired) electrons. The number of amides is 2. The molecule has 0 heterocycles. The van der Waals surface area contributed by atoms with Crippen LogP contribution >= 0.6 is 22.6 Å². The van der Waals surface area contributed by atoms with Crippen LogP contribution in [0, 0.1) is 13.7 Å². The molecule has 2 N–H and O–H groups in total. The molecule has 2 aromatic rings. The topological polar surface area (TPSA) is 101 Å². The summed E-state index contributed by atoms with van der Waals surface area (Å²) in [7, 11) is 0. The average Bonchev–Trinajstić information content (AvgIpc) is 2.59. The summed E-state index contributed by atoms with van der Waals surface area (Å²) in [5.41, 5.74) is 5.99. The van der Waals surface area contributed by atoms with E-state index in [0.717, 1.165) is 12.0 Å². The highest BCUT2D eigenvalue weighted by molar-refractivity contribution is 14.1. The molecule has 0 unspecified atom stereocenters. The number of hydrazine groups is 1. The Balaban J connectivity index is 2.05. The number of carbonyl (C=O) groups excluding carboxylic acids is 2. The SMILES string of the molecule is CCc1ccc(C(=O)NNC(=O)c2cc([N+](=O)[O-])ccc2I)cc1. The van der Waals surface area contributed by atoms with E-state index in [9.17, 15) is 19.7 Å². The lowest BCUT2D eigenvalue weighted by atomic mass is 10.1. The van der Waals surface area contributed by atoms with E-state index in [-0.39, 0.29) is 11.3 Å². The Morgan fingerprint density at radius 2 is 1.71 bits per heavy atom. The smallest absolute Gasteiger partial charge is 0.267 e. The molecule has 0 saturated heterocycles. The number of nitrogens with zero attached hydrogens (tertiary/aromatic N) is 1. The first-order chi connectivity index (χ1) is 11.4. The summed E-state index contributed by atoms with van der Waals surface area (Å²) in [4.78, 5) is 34.3. The minimum atomic E-state index is -0.623. The number of halogens is 1. The van der Waals surface area contributed by atoms with Gasteiger partial charge in [0.15, 0.2) is 0 Å². The first-order valence-electron chi connectivity index (χ1n) is 7.06. The summed E-state index contributed by atoms with van der Waals surface area (Å²) >= 11 is 1.90. The van der Waals surface area contributed by atoms with Gasteiger partial charge in [-0.2, -0.15) is 0 Å². The number of non-ortho nitro benzene ring substituents is 1. The van der Waals surface area contributed by atoms with Crippen molar-refractivity contribution in [3.05, 3.63) is 72.8 Å². The van der Waals surface area contributed by atoms with Crippen LogP contribution in [0.25, 0.3) is 0 Å². The van der Waals surface area contributed by atoms with E-state index >= 15 is 0 Å². The summed E-state index contributed by atoms with van der Waals surface area (Å²) in [6, 6.07) is 10.9. The van der Waals surface area contributed by atoms with Crippen LogP contribution in [0.3, 0.4) is 0 Å². The molecule has 0 aliphatic rings. The second kappa shape index (κ2) is 7.86. The monoisotopic (exact) mass is 439 g/mol. The standard InChI is InChI=1S/C16H14IN3O4/c1-2-10-3-5-11(6-4-10)15(21)18-19-16(22)13-9-12(20(23)24)7-8-14(13)17/h3-9H,2H2,1H3,(H,18,21)(H,19,22). The van der Waals surface area contributed by atoms with Gasteiger partial charge in [0.2, 0.25) is 0 Å². The molecule has 2 rings (SSSR count). The molecule has 0 aliphatic carbocycles. The molecular formula is C16H14IN3O4. The molecule has 2 aromatic carbocycles. The molecule has 0 aliphatic heterocycles. The Morgan fingerprint density at radius 1 is 1.08 bits per heavy atom. The molecule has 124 valence electrons. The molecule has 0 saturated carbocycles. The highest BCUT2D eigenvalue weighted by atomic mass is 127. The van der Waals surface area contributed by atoms with E-state index in [1.54, 1.807) is 12.1 Å². The number of aryl methyl sites for hydroxylation is 1. The third-order valence-electron chi connectivity index (χ3n) is 3.32. The van der Waals surface area contributed by atoms with Crippen LogP contribution in [-0.2, 0) is 6.42 Å². The lowest BCUT2D eigenvalue weighted by Gasteiger charge is -2.09. The van der Waals surface area contributed by atoms with Crippen LogP contribution in [0.1, 0.15) is 33.2 Å². The Hall–Kier alpha value is -2.49. The first-order valence-corrected chi connectivity index (χ1v) is 8.13. The number of rotatable bonds is 4. The average molecular weight is 439 g/mol. The van der Waals surface area contributed by atoms with Crippen molar-refractivity contribution in [2.45, 2.75) is 13.3 Å². The van der Waals surface area contributed by atoms with Gasteiger partial charge in [-0.3, -0.25) is 30.6 Å². The maximum Gasteiger partial charge on any atom is 0.271 e. The Morgan fingerprint density at radius 3 is 2.29 bits per heavy atom. The van der Waals surface area contributed by atoms with E-state index in [1.807, 2.05) is 41.6 Å².